The summed E-state index contributed by atoms with van der Waals surface area (Å²) < 4.78 is 1.23. The fourth-order valence-electron chi connectivity index (χ4n) is 1.81. The van der Waals surface area contributed by atoms with Gasteiger partial charge in [-0.1, -0.05) is 25.4 Å². The summed E-state index contributed by atoms with van der Waals surface area (Å²) in [6, 6.07) is 0. The summed E-state index contributed by atoms with van der Waals surface area (Å²) in [6.45, 7) is 4.99. The van der Waals surface area contributed by atoms with Crippen molar-refractivity contribution in [3.63, 3.8) is 0 Å². The van der Waals surface area contributed by atoms with E-state index in [-0.39, 0.29) is 16.6 Å². The average Bonchev–Trinajstić information content (AvgIpc) is 2.21. The minimum atomic E-state index is -0.437. The molecule has 0 aliphatic heterocycles. The third-order valence-electron chi connectivity index (χ3n) is 2.74. The molecule has 0 saturated heterocycles. The molecule has 18 heavy (non-hydrogen) atoms. The molecule has 1 rings (SSSR count). The molecule has 102 valence electrons. The highest BCUT2D eigenvalue weighted by Crippen LogP contribution is 2.16. The maximum atomic E-state index is 12.2. The van der Waals surface area contributed by atoms with Gasteiger partial charge in [0, 0.05) is 6.54 Å². The predicted molar refractivity (Wildman–Crippen MR) is 73.6 cm³/mol. The van der Waals surface area contributed by atoms with Crippen molar-refractivity contribution in [3.05, 3.63) is 31.6 Å². The maximum absolute atomic E-state index is 12.2. The van der Waals surface area contributed by atoms with Gasteiger partial charge < -0.3 is 4.90 Å². The zero-order valence-corrected chi connectivity index (χ0v) is 12.0. The molecule has 0 fully saturated rings. The van der Waals surface area contributed by atoms with E-state index >= 15 is 0 Å². The van der Waals surface area contributed by atoms with Crippen LogP contribution in [0.1, 0.15) is 31.7 Å². The molecule has 1 aromatic rings. The number of halogens is 1. The number of nitrogens with one attached hydrogen (secondary N) is 1. The molecular formula is C12H20ClN3O2. The van der Waals surface area contributed by atoms with Crippen LogP contribution in [0.25, 0.3) is 0 Å². The molecule has 0 aliphatic rings. The largest absolute Gasteiger partial charge is 0.329 e. The summed E-state index contributed by atoms with van der Waals surface area (Å²) in [5.41, 5.74) is -0.244. The van der Waals surface area contributed by atoms with Crippen LogP contribution >= 0.6 is 11.6 Å². The van der Waals surface area contributed by atoms with E-state index in [1.807, 2.05) is 32.8 Å². The Morgan fingerprint density at radius 2 is 1.94 bits per heavy atom. The summed E-state index contributed by atoms with van der Waals surface area (Å²) in [6.07, 6.45) is 0.745. The van der Waals surface area contributed by atoms with Gasteiger partial charge in [0.1, 0.15) is 5.15 Å². The molecule has 1 N–H and O–H groups in total. The third-order valence-corrected chi connectivity index (χ3v) is 3.04. The molecule has 0 atom stereocenters. The molecule has 1 heterocycles. The van der Waals surface area contributed by atoms with Gasteiger partial charge in [-0.05, 0) is 33.0 Å². The first-order chi connectivity index (χ1) is 8.34. The monoisotopic (exact) mass is 273 g/mol. The molecule has 0 aromatic carbocycles. The van der Waals surface area contributed by atoms with Crippen LogP contribution in [0.5, 0.6) is 0 Å². The summed E-state index contributed by atoms with van der Waals surface area (Å²) in [5.74, 6) is -0.0121. The van der Waals surface area contributed by atoms with E-state index in [4.69, 9.17) is 11.6 Å². The quantitative estimate of drug-likeness (QED) is 0.822. The van der Waals surface area contributed by atoms with Gasteiger partial charge in [-0.15, -0.1) is 0 Å². The van der Waals surface area contributed by atoms with E-state index < -0.39 is 5.69 Å². The van der Waals surface area contributed by atoms with Gasteiger partial charge in [0.25, 0.3) is 5.56 Å². The first-order valence-electron chi connectivity index (χ1n) is 6.01. The second-order valence-electron chi connectivity index (χ2n) is 4.93. The van der Waals surface area contributed by atoms with Gasteiger partial charge in [-0.2, -0.15) is 0 Å². The SMILES string of the molecule is CC(C)c1c(Cl)[nH]c(=O)n(CCCN(C)C)c1=O. The number of H-pyrrole nitrogens is 1. The van der Waals surface area contributed by atoms with E-state index in [0.29, 0.717) is 12.1 Å². The fourth-order valence-corrected chi connectivity index (χ4v) is 2.19. The molecule has 1 aromatic heterocycles. The van der Waals surface area contributed by atoms with Crippen molar-refractivity contribution >= 4 is 11.6 Å². The van der Waals surface area contributed by atoms with Crippen LogP contribution in [0.15, 0.2) is 9.59 Å². The Labute approximate surface area is 111 Å². The number of aromatic nitrogens is 2. The maximum Gasteiger partial charge on any atom is 0.329 e. The zero-order chi connectivity index (χ0) is 13.9. The van der Waals surface area contributed by atoms with Gasteiger partial charge >= 0.3 is 5.69 Å². The first kappa shape index (κ1) is 15.0. The molecular weight excluding hydrogens is 254 g/mol. The minimum absolute atomic E-state index is 0.0121. The average molecular weight is 274 g/mol. The van der Waals surface area contributed by atoms with Crippen LogP contribution < -0.4 is 11.2 Å². The van der Waals surface area contributed by atoms with Crippen LogP contribution in [0.2, 0.25) is 5.15 Å². The molecule has 5 nitrogen and oxygen atoms in total. The first-order valence-corrected chi connectivity index (χ1v) is 6.39. The Bertz CT molecular complexity index is 517. The normalized spacial score (nSPS) is 11.5. The Hall–Kier alpha value is -1.07. The molecule has 0 bridgehead atoms. The highest BCUT2D eigenvalue weighted by molar-refractivity contribution is 6.30. The van der Waals surface area contributed by atoms with Crippen molar-refractivity contribution in [2.24, 2.45) is 0 Å². The minimum Gasteiger partial charge on any atom is -0.309 e. The van der Waals surface area contributed by atoms with E-state index in [1.54, 1.807) is 0 Å². The summed E-state index contributed by atoms with van der Waals surface area (Å²) in [5, 5.41) is 0.156. The van der Waals surface area contributed by atoms with Crippen molar-refractivity contribution in [1.29, 1.82) is 0 Å². The van der Waals surface area contributed by atoms with Crippen molar-refractivity contribution in [1.82, 2.24) is 14.5 Å². The molecule has 0 spiro atoms. The molecule has 0 unspecified atom stereocenters. The van der Waals surface area contributed by atoms with Crippen LogP contribution in [-0.4, -0.2) is 35.1 Å². The Balaban J connectivity index is 3.09. The second-order valence-corrected chi connectivity index (χ2v) is 5.30. The van der Waals surface area contributed by atoms with Crippen LogP contribution in [0, 0.1) is 0 Å². The van der Waals surface area contributed by atoms with E-state index in [1.165, 1.54) is 4.57 Å². The van der Waals surface area contributed by atoms with E-state index in [0.717, 1.165) is 13.0 Å². The van der Waals surface area contributed by atoms with Gasteiger partial charge in [0.15, 0.2) is 0 Å². The number of rotatable bonds is 5. The molecule has 6 heteroatoms. The molecule has 0 saturated carbocycles. The number of nitrogens with zero attached hydrogens (tertiary/aromatic N) is 2. The lowest BCUT2D eigenvalue weighted by Crippen LogP contribution is -2.38. The van der Waals surface area contributed by atoms with Gasteiger partial charge in [0.2, 0.25) is 0 Å². The smallest absolute Gasteiger partial charge is 0.309 e. The number of aromatic amines is 1. The molecule has 0 aliphatic carbocycles. The Morgan fingerprint density at radius 3 is 2.44 bits per heavy atom. The Kier molecular flexibility index (Phi) is 5.16. The third kappa shape index (κ3) is 3.46. The predicted octanol–water partition coefficient (Wildman–Crippen LogP) is 1.27. The topological polar surface area (TPSA) is 58.1 Å². The van der Waals surface area contributed by atoms with Crippen molar-refractivity contribution < 1.29 is 0 Å². The van der Waals surface area contributed by atoms with E-state index in [9.17, 15) is 9.59 Å². The summed E-state index contributed by atoms with van der Waals surface area (Å²) in [7, 11) is 3.91. The fraction of sp³-hybridized carbons (Fsp3) is 0.667. The van der Waals surface area contributed by atoms with Crippen LogP contribution in [0.3, 0.4) is 0 Å². The van der Waals surface area contributed by atoms with Gasteiger partial charge in [-0.3, -0.25) is 14.3 Å². The lowest BCUT2D eigenvalue weighted by molar-refractivity contribution is 0.382. The van der Waals surface area contributed by atoms with Crippen molar-refractivity contribution in [3.8, 4) is 0 Å². The second kappa shape index (κ2) is 6.20. The van der Waals surface area contributed by atoms with Crippen molar-refractivity contribution in [2.75, 3.05) is 20.6 Å². The standard InChI is InChI=1S/C12H20ClN3O2/c1-8(2)9-10(13)14-12(18)16(11(9)17)7-5-6-15(3)4/h8H,5-7H2,1-4H3,(H,14,18). The van der Waals surface area contributed by atoms with Gasteiger partial charge in [0.05, 0.1) is 5.56 Å². The van der Waals surface area contributed by atoms with E-state index in [2.05, 4.69) is 4.98 Å². The van der Waals surface area contributed by atoms with Crippen molar-refractivity contribution in [2.45, 2.75) is 32.7 Å². The van der Waals surface area contributed by atoms with Crippen LogP contribution in [0.4, 0.5) is 0 Å². The zero-order valence-electron chi connectivity index (χ0n) is 11.3. The number of hydrogen-bond acceptors (Lipinski definition) is 3. The van der Waals surface area contributed by atoms with Gasteiger partial charge in [-0.25, -0.2) is 4.79 Å². The number of hydrogen-bond donors (Lipinski definition) is 1. The molecule has 0 amide bonds. The summed E-state index contributed by atoms with van der Waals surface area (Å²) in [4.78, 5) is 28.4. The Morgan fingerprint density at radius 1 is 1.33 bits per heavy atom. The molecule has 0 radical (unpaired) electrons. The highest BCUT2D eigenvalue weighted by Gasteiger charge is 2.15. The highest BCUT2D eigenvalue weighted by atomic mass is 35.5. The summed E-state index contributed by atoms with van der Waals surface area (Å²) >= 11 is 5.91. The van der Waals surface area contributed by atoms with Crippen LogP contribution in [-0.2, 0) is 6.54 Å². The lowest BCUT2D eigenvalue weighted by Gasteiger charge is -2.12. The lowest BCUT2D eigenvalue weighted by atomic mass is 10.1.